The maximum absolute atomic E-state index is 13.5. The Labute approximate surface area is 238 Å². The van der Waals surface area contributed by atoms with Gasteiger partial charge in [-0.2, -0.15) is 4.31 Å². The van der Waals surface area contributed by atoms with Gasteiger partial charge in [-0.3, -0.25) is 14.4 Å². The van der Waals surface area contributed by atoms with Gasteiger partial charge in [-0.25, -0.2) is 8.42 Å². The van der Waals surface area contributed by atoms with Crippen molar-refractivity contribution >= 4 is 55.8 Å². The van der Waals surface area contributed by atoms with Gasteiger partial charge in [0.05, 0.1) is 16.5 Å². The van der Waals surface area contributed by atoms with E-state index < -0.39 is 15.9 Å². The van der Waals surface area contributed by atoms with Crippen molar-refractivity contribution in [3.05, 3.63) is 71.3 Å². The summed E-state index contributed by atoms with van der Waals surface area (Å²) < 4.78 is 33.6. The summed E-state index contributed by atoms with van der Waals surface area (Å²) in [6, 6.07) is 14.0. The van der Waals surface area contributed by atoms with Crippen LogP contribution in [0.2, 0.25) is 0 Å². The van der Waals surface area contributed by atoms with E-state index >= 15 is 0 Å². The molecule has 1 unspecified atom stereocenters. The Morgan fingerprint density at radius 1 is 1.10 bits per heavy atom. The summed E-state index contributed by atoms with van der Waals surface area (Å²) in [5.74, 6) is -0.852. The number of carbonyl (C=O) groups excluding carboxylic acids is 3. The summed E-state index contributed by atoms with van der Waals surface area (Å²) in [7, 11) is -2.19. The van der Waals surface area contributed by atoms with Gasteiger partial charge in [0.15, 0.2) is 5.78 Å². The van der Waals surface area contributed by atoms with Crippen LogP contribution in [0, 0.1) is 5.92 Å². The summed E-state index contributed by atoms with van der Waals surface area (Å²) in [6.07, 6.45) is 5.21. The lowest BCUT2D eigenvalue weighted by molar-refractivity contribution is -0.121. The number of methoxy groups -OCH3 is 1. The van der Waals surface area contributed by atoms with Crippen molar-refractivity contribution in [3.8, 4) is 0 Å². The van der Waals surface area contributed by atoms with E-state index in [-0.39, 0.29) is 35.5 Å². The Balaban J connectivity index is 1.21. The van der Waals surface area contributed by atoms with Gasteiger partial charge in [0, 0.05) is 61.8 Å². The number of sulfonamides is 1. The third-order valence-corrected chi connectivity index (χ3v) is 9.96. The Kier molecular flexibility index (Phi) is 7.23. The number of allylic oxidation sites excluding steroid dienone is 1. The number of amides is 2. The molecule has 3 aliphatic rings. The number of nitrogens with zero attached hydrogens (tertiary/aromatic N) is 2. The molecule has 41 heavy (non-hydrogen) atoms. The lowest BCUT2D eigenvalue weighted by Gasteiger charge is -2.31. The zero-order chi connectivity index (χ0) is 28.7. The number of ketones is 1. The van der Waals surface area contributed by atoms with E-state index in [0.717, 1.165) is 27.6 Å². The first-order chi connectivity index (χ1) is 19.8. The molecular formula is C31H31N3O6S. The zero-order valence-electron chi connectivity index (χ0n) is 22.8. The lowest BCUT2D eigenvalue weighted by Crippen LogP contribution is -2.43. The van der Waals surface area contributed by atoms with Crippen LogP contribution in [0.4, 0.5) is 11.4 Å². The van der Waals surface area contributed by atoms with E-state index in [1.807, 2.05) is 24.3 Å². The molecule has 9 nitrogen and oxygen atoms in total. The van der Waals surface area contributed by atoms with Gasteiger partial charge in [-0.05, 0) is 66.8 Å². The first-order valence-electron chi connectivity index (χ1n) is 13.8. The Morgan fingerprint density at radius 3 is 2.78 bits per heavy atom. The molecule has 1 saturated heterocycles. The smallest absolute Gasteiger partial charge is 0.258 e. The van der Waals surface area contributed by atoms with Crippen LogP contribution in [0.5, 0.6) is 0 Å². The van der Waals surface area contributed by atoms with Gasteiger partial charge in [0.2, 0.25) is 15.9 Å². The molecule has 0 radical (unpaired) electrons. The minimum atomic E-state index is -3.83. The molecule has 1 N–H and O–H groups in total. The SMILES string of the molecule is COCCCN1C(=O)c2cccc3c(NC(=O)C4CCCN(S(=O)(=O)c5ccc6c(c5)C=CC(=O)C6)C4)ccc1c23. The fraction of sp³-hybridized carbons (Fsp3) is 0.323. The quantitative estimate of drug-likeness (QED) is 0.408. The van der Waals surface area contributed by atoms with E-state index in [4.69, 9.17) is 4.74 Å². The van der Waals surface area contributed by atoms with Crippen molar-refractivity contribution in [2.45, 2.75) is 30.6 Å². The number of hydrogen-bond donors (Lipinski definition) is 1. The fourth-order valence-electron chi connectivity index (χ4n) is 5.98. The number of fused-ring (bicyclic) bond motifs is 1. The number of carbonyl (C=O) groups is 3. The summed E-state index contributed by atoms with van der Waals surface area (Å²) in [5.41, 5.74) is 3.54. The predicted octanol–water partition coefficient (Wildman–Crippen LogP) is 4.01. The van der Waals surface area contributed by atoms with Gasteiger partial charge in [0.25, 0.3) is 5.91 Å². The second kappa shape index (κ2) is 10.8. The second-order valence-electron chi connectivity index (χ2n) is 10.7. The van der Waals surface area contributed by atoms with Gasteiger partial charge in [-0.15, -0.1) is 0 Å². The first kappa shape index (κ1) is 27.3. The Morgan fingerprint density at radius 2 is 1.95 bits per heavy atom. The number of hydrogen-bond acceptors (Lipinski definition) is 6. The second-order valence-corrected chi connectivity index (χ2v) is 12.6. The highest BCUT2D eigenvalue weighted by Crippen LogP contribution is 2.41. The van der Waals surface area contributed by atoms with Crippen LogP contribution in [0.3, 0.4) is 0 Å². The fourth-order valence-corrected chi connectivity index (χ4v) is 7.54. The third-order valence-electron chi connectivity index (χ3n) is 8.10. The van der Waals surface area contributed by atoms with Crippen LogP contribution in [0.15, 0.2) is 59.5 Å². The van der Waals surface area contributed by atoms with Crippen LogP contribution in [-0.4, -0.2) is 63.7 Å². The molecule has 0 spiro atoms. The average molecular weight is 574 g/mol. The maximum atomic E-state index is 13.5. The predicted molar refractivity (Wildman–Crippen MR) is 156 cm³/mol. The van der Waals surface area contributed by atoms with Gasteiger partial charge < -0.3 is 15.0 Å². The summed E-state index contributed by atoms with van der Waals surface area (Å²) in [6.45, 7) is 1.50. The lowest BCUT2D eigenvalue weighted by atomic mass is 9.97. The number of ether oxygens (including phenoxy) is 1. The highest BCUT2D eigenvalue weighted by Gasteiger charge is 2.35. The van der Waals surface area contributed by atoms with Gasteiger partial charge in [-0.1, -0.05) is 24.3 Å². The minimum Gasteiger partial charge on any atom is -0.385 e. The molecule has 0 bridgehead atoms. The van der Waals surface area contributed by atoms with Crippen molar-refractivity contribution in [1.29, 1.82) is 0 Å². The summed E-state index contributed by atoms with van der Waals surface area (Å²) >= 11 is 0. The first-order valence-corrected chi connectivity index (χ1v) is 15.2. The topological polar surface area (TPSA) is 113 Å². The van der Waals surface area contributed by atoms with Crippen molar-refractivity contribution in [1.82, 2.24) is 4.31 Å². The normalized spacial score (nSPS) is 18.7. The van der Waals surface area contributed by atoms with Gasteiger partial charge >= 0.3 is 0 Å². The number of nitrogens with one attached hydrogen (secondary N) is 1. The monoisotopic (exact) mass is 573 g/mol. The minimum absolute atomic E-state index is 0.00996. The molecule has 2 aliphatic heterocycles. The van der Waals surface area contributed by atoms with Gasteiger partial charge in [0.1, 0.15) is 0 Å². The van der Waals surface area contributed by atoms with Crippen molar-refractivity contribution in [2.75, 3.05) is 43.6 Å². The van der Waals surface area contributed by atoms with Crippen LogP contribution in [0.1, 0.15) is 40.7 Å². The van der Waals surface area contributed by atoms with E-state index in [0.29, 0.717) is 50.2 Å². The van der Waals surface area contributed by atoms with E-state index in [2.05, 4.69) is 5.32 Å². The molecule has 3 aromatic carbocycles. The van der Waals surface area contributed by atoms with Crippen molar-refractivity contribution < 1.29 is 27.5 Å². The molecule has 1 atom stereocenters. The zero-order valence-corrected chi connectivity index (χ0v) is 23.6. The molecule has 10 heteroatoms. The molecule has 1 fully saturated rings. The highest BCUT2D eigenvalue weighted by molar-refractivity contribution is 7.89. The number of rotatable bonds is 8. The van der Waals surface area contributed by atoms with E-state index in [9.17, 15) is 22.8 Å². The molecule has 2 amide bonds. The largest absolute Gasteiger partial charge is 0.385 e. The molecule has 1 aliphatic carbocycles. The molecule has 2 heterocycles. The number of benzene rings is 3. The standard InChI is InChI=1S/C31H31N3O6S/c1-40-16-4-15-34-28-13-12-27(25-6-2-7-26(29(25)28)31(34)37)32-30(36)22-5-3-14-33(19-22)41(38,39)24-11-9-20-17-23(35)10-8-21(20)18-24/h2,6-13,18,22H,3-5,14-17,19H2,1H3,(H,32,36). The molecule has 0 saturated carbocycles. The molecular weight excluding hydrogens is 542 g/mol. The van der Waals surface area contributed by atoms with Crippen LogP contribution in [0.25, 0.3) is 16.8 Å². The number of anilines is 2. The third kappa shape index (κ3) is 4.96. The van der Waals surface area contributed by atoms with Crippen LogP contribution >= 0.6 is 0 Å². The molecule has 0 aromatic heterocycles. The average Bonchev–Trinajstić information content (AvgIpc) is 3.26. The molecule has 6 rings (SSSR count). The van der Waals surface area contributed by atoms with Crippen LogP contribution < -0.4 is 10.2 Å². The Bertz CT molecular complexity index is 1710. The maximum Gasteiger partial charge on any atom is 0.258 e. The molecule has 212 valence electrons. The van der Waals surface area contributed by atoms with E-state index in [1.54, 1.807) is 36.3 Å². The number of piperidine rings is 1. The summed E-state index contributed by atoms with van der Waals surface area (Å²) in [4.78, 5) is 40.2. The van der Waals surface area contributed by atoms with Crippen molar-refractivity contribution in [3.63, 3.8) is 0 Å². The Hall–Kier alpha value is -3.86. The summed E-state index contributed by atoms with van der Waals surface area (Å²) in [5, 5.41) is 4.61. The molecule has 3 aromatic rings. The van der Waals surface area contributed by atoms with E-state index in [1.165, 1.54) is 16.4 Å². The van der Waals surface area contributed by atoms with Crippen LogP contribution in [-0.2, 0) is 30.8 Å². The van der Waals surface area contributed by atoms with Crippen molar-refractivity contribution in [2.24, 2.45) is 5.92 Å². The highest BCUT2D eigenvalue weighted by atomic mass is 32.2.